The second-order valence-electron chi connectivity index (χ2n) is 3.31. The van der Waals surface area contributed by atoms with Crippen LogP contribution in [0, 0.1) is 0 Å². The summed E-state index contributed by atoms with van der Waals surface area (Å²) in [7, 11) is 0. The molecule has 0 bridgehead atoms. The lowest BCUT2D eigenvalue weighted by molar-refractivity contribution is -0.139. The van der Waals surface area contributed by atoms with Gasteiger partial charge < -0.3 is 14.6 Å². The van der Waals surface area contributed by atoms with Crippen LogP contribution in [0.4, 0.5) is 0 Å². The Morgan fingerprint density at radius 3 is 2.72 bits per heavy atom. The van der Waals surface area contributed by atoms with Crippen LogP contribution >= 0.6 is 0 Å². The number of rotatable bonds is 6. The van der Waals surface area contributed by atoms with Gasteiger partial charge in [-0.2, -0.15) is 0 Å². The average Bonchev–Trinajstić information content (AvgIpc) is 2.35. The summed E-state index contributed by atoms with van der Waals surface area (Å²) in [4.78, 5) is 21.6. The molecule has 1 aromatic carbocycles. The van der Waals surface area contributed by atoms with E-state index in [9.17, 15) is 9.59 Å². The molecule has 0 fully saturated rings. The highest BCUT2D eigenvalue weighted by atomic mass is 16.5. The molecule has 0 radical (unpaired) electrons. The first-order chi connectivity index (χ1) is 8.63. The van der Waals surface area contributed by atoms with Gasteiger partial charge in [-0.3, -0.25) is 0 Å². The fraction of sp³-hybridized carbons (Fsp3) is 0.231. The molecule has 0 aliphatic heterocycles. The minimum absolute atomic E-state index is 0.306. The Kier molecular flexibility index (Phi) is 5.44. The van der Waals surface area contributed by atoms with E-state index in [1.54, 1.807) is 31.2 Å². The predicted octanol–water partition coefficient (Wildman–Crippen LogP) is 1.73. The number of carboxylic acids is 1. The number of benzene rings is 1. The SMILES string of the molecule is CCOC(=O)C=Cc1ccccc1OCC(=O)O. The summed E-state index contributed by atoms with van der Waals surface area (Å²) in [6, 6.07) is 6.83. The lowest BCUT2D eigenvalue weighted by Crippen LogP contribution is -2.10. The zero-order valence-electron chi connectivity index (χ0n) is 9.96. The Hall–Kier alpha value is -2.30. The first kappa shape index (κ1) is 13.8. The zero-order valence-corrected chi connectivity index (χ0v) is 9.96. The van der Waals surface area contributed by atoms with E-state index in [0.29, 0.717) is 17.9 Å². The average molecular weight is 250 g/mol. The van der Waals surface area contributed by atoms with E-state index in [0.717, 1.165) is 0 Å². The molecule has 0 amide bonds. The van der Waals surface area contributed by atoms with Crippen molar-refractivity contribution in [2.75, 3.05) is 13.2 Å². The van der Waals surface area contributed by atoms with Gasteiger partial charge in [0.15, 0.2) is 6.61 Å². The van der Waals surface area contributed by atoms with Crippen LogP contribution in [0.1, 0.15) is 12.5 Å². The topological polar surface area (TPSA) is 72.8 Å². The van der Waals surface area contributed by atoms with E-state index < -0.39 is 18.5 Å². The highest BCUT2D eigenvalue weighted by Crippen LogP contribution is 2.19. The molecule has 96 valence electrons. The van der Waals surface area contributed by atoms with Gasteiger partial charge in [-0.05, 0) is 19.1 Å². The maximum atomic E-state index is 11.1. The number of esters is 1. The number of carbonyl (C=O) groups is 2. The molecular weight excluding hydrogens is 236 g/mol. The molecule has 0 unspecified atom stereocenters. The summed E-state index contributed by atoms with van der Waals surface area (Å²) in [6.45, 7) is 1.60. The Bertz CT molecular complexity index is 450. The molecule has 1 rings (SSSR count). The van der Waals surface area contributed by atoms with Crippen LogP contribution in [0.5, 0.6) is 5.75 Å². The van der Waals surface area contributed by atoms with Gasteiger partial charge >= 0.3 is 11.9 Å². The van der Waals surface area contributed by atoms with Gasteiger partial charge in [0.1, 0.15) is 5.75 Å². The Morgan fingerprint density at radius 2 is 2.06 bits per heavy atom. The zero-order chi connectivity index (χ0) is 13.4. The summed E-state index contributed by atoms with van der Waals surface area (Å²) in [5.41, 5.74) is 0.617. The number of carboxylic acid groups (broad SMARTS) is 1. The van der Waals surface area contributed by atoms with Crippen LogP contribution in [-0.2, 0) is 14.3 Å². The van der Waals surface area contributed by atoms with Gasteiger partial charge in [0.25, 0.3) is 0 Å². The third kappa shape index (κ3) is 4.69. The molecule has 0 heterocycles. The Balaban J connectivity index is 2.75. The van der Waals surface area contributed by atoms with Crippen LogP contribution < -0.4 is 4.74 Å². The number of ether oxygens (including phenoxy) is 2. The van der Waals surface area contributed by atoms with E-state index in [4.69, 9.17) is 14.6 Å². The first-order valence-corrected chi connectivity index (χ1v) is 5.42. The quantitative estimate of drug-likeness (QED) is 0.614. The van der Waals surface area contributed by atoms with Gasteiger partial charge in [-0.1, -0.05) is 18.2 Å². The largest absolute Gasteiger partial charge is 0.481 e. The maximum absolute atomic E-state index is 11.1. The van der Waals surface area contributed by atoms with E-state index in [1.807, 2.05) is 0 Å². The van der Waals surface area contributed by atoms with Gasteiger partial charge in [-0.25, -0.2) is 9.59 Å². The van der Waals surface area contributed by atoms with Crippen molar-refractivity contribution in [1.82, 2.24) is 0 Å². The van der Waals surface area contributed by atoms with Gasteiger partial charge in [0.05, 0.1) is 6.61 Å². The lowest BCUT2D eigenvalue weighted by Gasteiger charge is -2.06. The molecule has 5 heteroatoms. The number of hydrogen-bond acceptors (Lipinski definition) is 4. The first-order valence-electron chi connectivity index (χ1n) is 5.42. The van der Waals surface area contributed by atoms with Gasteiger partial charge in [0.2, 0.25) is 0 Å². The van der Waals surface area contributed by atoms with Gasteiger partial charge in [0, 0.05) is 11.6 Å². The monoisotopic (exact) mass is 250 g/mol. The van der Waals surface area contributed by atoms with E-state index in [2.05, 4.69) is 0 Å². The highest BCUT2D eigenvalue weighted by molar-refractivity contribution is 5.87. The van der Waals surface area contributed by atoms with Crippen LogP contribution in [-0.4, -0.2) is 30.3 Å². The van der Waals surface area contributed by atoms with Crippen LogP contribution in [0.2, 0.25) is 0 Å². The van der Waals surface area contributed by atoms with Crippen LogP contribution in [0.15, 0.2) is 30.3 Å². The van der Waals surface area contributed by atoms with Crippen molar-refractivity contribution in [2.24, 2.45) is 0 Å². The second-order valence-corrected chi connectivity index (χ2v) is 3.31. The van der Waals surface area contributed by atoms with Crippen molar-refractivity contribution >= 4 is 18.0 Å². The third-order valence-electron chi connectivity index (χ3n) is 1.96. The summed E-state index contributed by atoms with van der Waals surface area (Å²) in [6.07, 6.45) is 2.79. The summed E-state index contributed by atoms with van der Waals surface area (Å²) in [5, 5.41) is 8.54. The maximum Gasteiger partial charge on any atom is 0.341 e. The van der Waals surface area contributed by atoms with Crippen LogP contribution in [0.25, 0.3) is 6.08 Å². The minimum atomic E-state index is -1.06. The van der Waals surface area contributed by atoms with E-state index in [1.165, 1.54) is 12.2 Å². The molecule has 0 atom stereocenters. The summed E-state index contributed by atoms with van der Waals surface area (Å²) >= 11 is 0. The molecular formula is C13H14O5. The Labute approximate surface area is 105 Å². The molecule has 5 nitrogen and oxygen atoms in total. The standard InChI is InChI=1S/C13H14O5/c1-2-17-13(16)8-7-10-5-3-4-6-11(10)18-9-12(14)15/h3-8H,2,9H2,1H3,(H,14,15). The van der Waals surface area contributed by atoms with E-state index in [-0.39, 0.29) is 0 Å². The molecule has 1 N–H and O–H groups in total. The molecule has 0 aliphatic carbocycles. The van der Waals surface area contributed by atoms with Crippen molar-refractivity contribution < 1.29 is 24.2 Å². The highest BCUT2D eigenvalue weighted by Gasteiger charge is 2.03. The molecule has 0 aliphatic rings. The molecule has 18 heavy (non-hydrogen) atoms. The predicted molar refractivity (Wildman–Crippen MR) is 65.2 cm³/mol. The number of carbonyl (C=O) groups excluding carboxylic acids is 1. The third-order valence-corrected chi connectivity index (χ3v) is 1.96. The molecule has 0 saturated heterocycles. The van der Waals surface area contributed by atoms with Gasteiger partial charge in [-0.15, -0.1) is 0 Å². The fourth-order valence-corrected chi connectivity index (χ4v) is 1.24. The molecule has 0 spiro atoms. The summed E-state index contributed by atoms with van der Waals surface area (Å²) in [5.74, 6) is -1.11. The smallest absolute Gasteiger partial charge is 0.341 e. The number of hydrogen-bond donors (Lipinski definition) is 1. The number of aliphatic carboxylic acids is 1. The van der Waals surface area contributed by atoms with E-state index >= 15 is 0 Å². The van der Waals surface area contributed by atoms with Crippen molar-refractivity contribution in [3.63, 3.8) is 0 Å². The number of para-hydroxylation sites is 1. The Morgan fingerprint density at radius 1 is 1.33 bits per heavy atom. The molecule has 0 saturated carbocycles. The van der Waals surface area contributed by atoms with Crippen molar-refractivity contribution in [3.05, 3.63) is 35.9 Å². The normalized spacial score (nSPS) is 10.3. The van der Waals surface area contributed by atoms with Crippen molar-refractivity contribution in [3.8, 4) is 5.75 Å². The van der Waals surface area contributed by atoms with Crippen molar-refractivity contribution in [2.45, 2.75) is 6.92 Å². The molecule has 0 aromatic heterocycles. The second kappa shape index (κ2) is 7.11. The molecule has 1 aromatic rings. The lowest BCUT2D eigenvalue weighted by atomic mass is 10.2. The van der Waals surface area contributed by atoms with Crippen LogP contribution in [0.3, 0.4) is 0 Å². The summed E-state index contributed by atoms with van der Waals surface area (Å²) < 4.78 is 9.83. The fourth-order valence-electron chi connectivity index (χ4n) is 1.24. The minimum Gasteiger partial charge on any atom is -0.481 e. The van der Waals surface area contributed by atoms with Crippen molar-refractivity contribution in [1.29, 1.82) is 0 Å².